The number of rotatable bonds is 3. The number of Topliss-reactive ketones (excluding diaryl/α,β-unsaturated/α-hetero) is 1. The number of nitro groups is 1. The maximum Gasteiger partial charge on any atom is 0.512 e. The predicted molar refractivity (Wildman–Crippen MR) is 36.5 cm³/mol. The lowest BCUT2D eigenvalue weighted by molar-refractivity contribution is -0.396. The molecular formula is C6H9NO4. The van der Waals surface area contributed by atoms with Gasteiger partial charge in [0.15, 0.2) is 0 Å². The van der Waals surface area contributed by atoms with Crippen molar-refractivity contribution in [3.05, 3.63) is 10.1 Å². The number of hydrogen-bond donors (Lipinski definition) is 0. The van der Waals surface area contributed by atoms with Crippen LogP contribution in [0.25, 0.3) is 0 Å². The van der Waals surface area contributed by atoms with Crippen LogP contribution in [-0.2, 0) is 9.59 Å². The minimum absolute atomic E-state index is 0.443. The van der Waals surface area contributed by atoms with Crippen LogP contribution in [-0.4, -0.2) is 16.6 Å². The summed E-state index contributed by atoms with van der Waals surface area (Å²) in [5, 5.41) is 9.80. The Bertz CT molecular complexity index is 199. The Morgan fingerprint density at radius 1 is 1.55 bits per heavy atom. The van der Waals surface area contributed by atoms with E-state index >= 15 is 0 Å². The summed E-state index contributed by atoms with van der Waals surface area (Å²) in [6, 6.07) is 0. The Hall–Kier alpha value is -1.26. The van der Waals surface area contributed by atoms with Gasteiger partial charge in [0.1, 0.15) is 4.92 Å². The number of amides is 1. The van der Waals surface area contributed by atoms with Crippen LogP contribution in [0, 0.1) is 16.0 Å². The molecule has 1 atom stereocenters. The fourth-order valence-corrected chi connectivity index (χ4v) is 0.486. The van der Waals surface area contributed by atoms with Crippen molar-refractivity contribution in [3.63, 3.8) is 0 Å². The number of ketones is 1. The molecule has 0 saturated carbocycles. The summed E-state index contributed by atoms with van der Waals surface area (Å²) >= 11 is 0. The lowest BCUT2D eigenvalue weighted by Gasteiger charge is -1.99. The summed E-state index contributed by atoms with van der Waals surface area (Å²) in [7, 11) is 0. The van der Waals surface area contributed by atoms with Crippen molar-refractivity contribution < 1.29 is 14.5 Å². The Balaban J connectivity index is 4.26. The van der Waals surface area contributed by atoms with Crippen LogP contribution in [0.15, 0.2) is 0 Å². The van der Waals surface area contributed by atoms with E-state index in [1.165, 1.54) is 6.92 Å². The molecule has 0 aliphatic heterocycles. The van der Waals surface area contributed by atoms with Gasteiger partial charge in [-0.25, -0.2) is 4.79 Å². The SMILES string of the molecule is CCC(C)C(=O)C(=O)[N+](=O)[O-]. The summed E-state index contributed by atoms with van der Waals surface area (Å²) in [6.07, 6.45) is 0.443. The van der Waals surface area contributed by atoms with Crippen molar-refractivity contribution >= 4 is 11.7 Å². The summed E-state index contributed by atoms with van der Waals surface area (Å²) in [5.41, 5.74) is 0. The quantitative estimate of drug-likeness (QED) is 0.339. The van der Waals surface area contributed by atoms with Crippen molar-refractivity contribution in [3.8, 4) is 0 Å². The first kappa shape index (κ1) is 9.74. The Morgan fingerprint density at radius 2 is 2.00 bits per heavy atom. The Kier molecular flexibility index (Phi) is 3.36. The number of nitrogens with zero attached hydrogens (tertiary/aromatic N) is 1. The molecule has 0 radical (unpaired) electrons. The molecule has 0 aliphatic carbocycles. The van der Waals surface area contributed by atoms with E-state index in [0.717, 1.165) is 0 Å². The van der Waals surface area contributed by atoms with Crippen LogP contribution in [0.5, 0.6) is 0 Å². The molecule has 1 unspecified atom stereocenters. The van der Waals surface area contributed by atoms with E-state index in [0.29, 0.717) is 6.42 Å². The van der Waals surface area contributed by atoms with Gasteiger partial charge < -0.3 is 0 Å². The second kappa shape index (κ2) is 3.80. The fourth-order valence-electron chi connectivity index (χ4n) is 0.486. The standard InChI is InChI=1S/C6H9NO4/c1-3-4(2)5(8)6(9)7(10)11/h4H,3H2,1-2H3. The molecule has 0 spiro atoms. The van der Waals surface area contributed by atoms with E-state index in [4.69, 9.17) is 0 Å². The van der Waals surface area contributed by atoms with Crippen molar-refractivity contribution in [2.75, 3.05) is 0 Å². The van der Waals surface area contributed by atoms with Gasteiger partial charge in [0.2, 0.25) is 0 Å². The van der Waals surface area contributed by atoms with Crippen LogP contribution in [0.3, 0.4) is 0 Å². The maximum atomic E-state index is 10.7. The Morgan fingerprint density at radius 3 is 2.27 bits per heavy atom. The highest BCUT2D eigenvalue weighted by Gasteiger charge is 2.29. The average Bonchev–Trinajstić information content (AvgIpc) is 2.00. The zero-order chi connectivity index (χ0) is 9.02. The number of hydrogen-bond acceptors (Lipinski definition) is 4. The molecule has 5 nitrogen and oxygen atoms in total. The maximum absolute atomic E-state index is 10.7. The summed E-state index contributed by atoms with van der Waals surface area (Å²) < 4.78 is 0. The van der Waals surface area contributed by atoms with Crippen LogP contribution in [0.1, 0.15) is 20.3 Å². The summed E-state index contributed by atoms with van der Waals surface area (Å²) in [5.74, 6) is -2.98. The second-order valence-electron chi connectivity index (χ2n) is 2.24. The van der Waals surface area contributed by atoms with E-state index in [1.807, 2.05) is 0 Å². The van der Waals surface area contributed by atoms with Gasteiger partial charge in [-0.2, -0.15) is 0 Å². The molecule has 5 heteroatoms. The highest BCUT2D eigenvalue weighted by molar-refractivity contribution is 6.33. The molecule has 0 bridgehead atoms. The molecule has 0 fully saturated rings. The first-order chi connectivity index (χ1) is 5.00. The molecule has 1 amide bonds. The van der Waals surface area contributed by atoms with Gasteiger partial charge in [0.25, 0.3) is 5.78 Å². The van der Waals surface area contributed by atoms with Crippen molar-refractivity contribution in [1.82, 2.24) is 0 Å². The van der Waals surface area contributed by atoms with Crippen LogP contribution in [0.2, 0.25) is 0 Å². The third-order valence-electron chi connectivity index (χ3n) is 1.44. The van der Waals surface area contributed by atoms with E-state index in [2.05, 4.69) is 0 Å². The molecule has 0 aromatic rings. The van der Waals surface area contributed by atoms with Gasteiger partial charge in [-0.05, 0) is 6.42 Å². The summed E-state index contributed by atoms with van der Waals surface area (Å²) in [6.45, 7) is 3.18. The third-order valence-corrected chi connectivity index (χ3v) is 1.44. The molecule has 0 saturated heterocycles. The highest BCUT2D eigenvalue weighted by atomic mass is 16.6. The highest BCUT2D eigenvalue weighted by Crippen LogP contribution is 2.02. The molecule has 0 N–H and O–H groups in total. The molecule has 0 rings (SSSR count). The molecule has 11 heavy (non-hydrogen) atoms. The first-order valence-corrected chi connectivity index (χ1v) is 3.23. The molecule has 0 aromatic carbocycles. The smallest absolute Gasteiger partial charge is 0.283 e. The molecule has 0 aromatic heterocycles. The van der Waals surface area contributed by atoms with Crippen molar-refractivity contribution in [2.24, 2.45) is 5.92 Å². The van der Waals surface area contributed by atoms with Crippen LogP contribution < -0.4 is 0 Å². The first-order valence-electron chi connectivity index (χ1n) is 3.23. The summed E-state index contributed by atoms with van der Waals surface area (Å²) in [4.78, 5) is 29.7. The van der Waals surface area contributed by atoms with Gasteiger partial charge in [-0.15, -0.1) is 0 Å². The fraction of sp³-hybridized carbons (Fsp3) is 0.667. The van der Waals surface area contributed by atoms with Gasteiger partial charge in [0, 0.05) is 5.92 Å². The average molecular weight is 159 g/mol. The van der Waals surface area contributed by atoms with Crippen LogP contribution in [0.4, 0.5) is 0 Å². The number of carbonyl (C=O) groups is 2. The molecule has 62 valence electrons. The molecule has 0 aliphatic rings. The third kappa shape index (κ3) is 2.45. The van der Waals surface area contributed by atoms with E-state index < -0.39 is 22.5 Å². The van der Waals surface area contributed by atoms with Gasteiger partial charge >= 0.3 is 5.91 Å². The lowest BCUT2D eigenvalue weighted by atomic mass is 10.0. The Labute approximate surface area is 63.5 Å². The normalized spacial score (nSPS) is 12.2. The largest absolute Gasteiger partial charge is 0.512 e. The van der Waals surface area contributed by atoms with E-state index in [9.17, 15) is 19.7 Å². The van der Waals surface area contributed by atoms with Gasteiger partial charge in [-0.3, -0.25) is 14.9 Å². The van der Waals surface area contributed by atoms with Gasteiger partial charge in [0.05, 0.1) is 0 Å². The topological polar surface area (TPSA) is 77.3 Å². The number of carbonyl (C=O) groups excluding carboxylic acids is 2. The zero-order valence-corrected chi connectivity index (χ0v) is 6.36. The lowest BCUT2D eigenvalue weighted by Crippen LogP contribution is -2.27. The second-order valence-corrected chi connectivity index (χ2v) is 2.24. The van der Waals surface area contributed by atoms with E-state index in [1.54, 1.807) is 6.92 Å². The molecule has 0 heterocycles. The van der Waals surface area contributed by atoms with Gasteiger partial charge in [-0.1, -0.05) is 13.8 Å². The van der Waals surface area contributed by atoms with Crippen molar-refractivity contribution in [2.45, 2.75) is 20.3 Å². The van der Waals surface area contributed by atoms with E-state index in [-0.39, 0.29) is 0 Å². The monoisotopic (exact) mass is 159 g/mol. The minimum atomic E-state index is -1.51. The van der Waals surface area contributed by atoms with Crippen molar-refractivity contribution in [1.29, 1.82) is 0 Å². The predicted octanol–water partition coefficient (Wildman–Crippen LogP) is 0.405. The zero-order valence-electron chi connectivity index (χ0n) is 6.36. The molecular weight excluding hydrogens is 150 g/mol. The van der Waals surface area contributed by atoms with Crippen LogP contribution >= 0.6 is 0 Å². The minimum Gasteiger partial charge on any atom is -0.283 e.